The number of aliphatic carboxylic acids is 1. The maximum Gasteiger partial charge on any atom is 0.326 e. The van der Waals surface area contributed by atoms with E-state index in [1.165, 1.54) is 18.2 Å². The van der Waals surface area contributed by atoms with Gasteiger partial charge in [0.05, 0.1) is 10.5 Å². The third-order valence-corrected chi connectivity index (χ3v) is 3.58. The Hall–Kier alpha value is -2.15. The van der Waals surface area contributed by atoms with Crippen molar-refractivity contribution in [1.82, 2.24) is 5.32 Å². The molecule has 0 aliphatic heterocycles. The SMILES string of the molecule is CCC(C)[C@H](NC(=O)c1cccc([N+](=O)[O-])c1Cl)C(=O)O. The van der Waals surface area contributed by atoms with E-state index < -0.39 is 28.5 Å². The largest absolute Gasteiger partial charge is 0.480 e. The highest BCUT2D eigenvalue weighted by Gasteiger charge is 2.28. The van der Waals surface area contributed by atoms with E-state index >= 15 is 0 Å². The Balaban J connectivity index is 3.06. The van der Waals surface area contributed by atoms with Crippen LogP contribution in [0.1, 0.15) is 30.6 Å². The lowest BCUT2D eigenvalue weighted by molar-refractivity contribution is -0.384. The van der Waals surface area contributed by atoms with Crippen molar-refractivity contribution < 1.29 is 19.6 Å². The van der Waals surface area contributed by atoms with Gasteiger partial charge in [-0.3, -0.25) is 14.9 Å². The Morgan fingerprint density at radius 2 is 2.10 bits per heavy atom. The lowest BCUT2D eigenvalue weighted by Gasteiger charge is -2.20. The molecule has 0 saturated heterocycles. The molecular formula is C13H15ClN2O5. The molecule has 8 heteroatoms. The second-order valence-electron chi connectivity index (χ2n) is 4.57. The van der Waals surface area contributed by atoms with Crippen LogP contribution in [0.2, 0.25) is 5.02 Å². The van der Waals surface area contributed by atoms with Crippen molar-refractivity contribution in [3.8, 4) is 0 Å². The van der Waals surface area contributed by atoms with Gasteiger partial charge in [-0.05, 0) is 12.0 Å². The minimum Gasteiger partial charge on any atom is -0.480 e. The maximum atomic E-state index is 12.1. The molecule has 1 rings (SSSR count). The minimum absolute atomic E-state index is 0.125. The van der Waals surface area contributed by atoms with Gasteiger partial charge in [-0.1, -0.05) is 37.9 Å². The van der Waals surface area contributed by atoms with Crippen molar-refractivity contribution in [1.29, 1.82) is 0 Å². The molecule has 21 heavy (non-hydrogen) atoms. The summed E-state index contributed by atoms with van der Waals surface area (Å²) in [6, 6.07) is 2.71. The normalized spacial score (nSPS) is 13.3. The number of amides is 1. The van der Waals surface area contributed by atoms with E-state index in [0.717, 1.165) is 0 Å². The standard InChI is InChI=1S/C13H15ClN2O5/c1-3-7(2)11(13(18)19)15-12(17)8-5-4-6-9(10(8)14)16(20)21/h4-7,11H,3H2,1-2H3,(H,15,17)(H,18,19)/t7?,11-/m0/s1. The molecule has 0 heterocycles. The van der Waals surface area contributed by atoms with Gasteiger partial charge in [0.1, 0.15) is 11.1 Å². The predicted molar refractivity (Wildman–Crippen MR) is 76.5 cm³/mol. The molecule has 0 saturated carbocycles. The van der Waals surface area contributed by atoms with E-state index in [9.17, 15) is 19.7 Å². The third kappa shape index (κ3) is 3.91. The summed E-state index contributed by atoms with van der Waals surface area (Å²) in [5.74, 6) is -2.21. The quantitative estimate of drug-likeness (QED) is 0.619. The maximum absolute atomic E-state index is 12.1. The molecule has 2 atom stereocenters. The number of hydrogen-bond acceptors (Lipinski definition) is 4. The van der Waals surface area contributed by atoms with E-state index in [0.29, 0.717) is 6.42 Å². The van der Waals surface area contributed by atoms with Crippen LogP contribution in [0.3, 0.4) is 0 Å². The topological polar surface area (TPSA) is 110 Å². The van der Waals surface area contributed by atoms with Gasteiger partial charge in [0.2, 0.25) is 0 Å². The van der Waals surface area contributed by atoms with Gasteiger partial charge in [-0.15, -0.1) is 0 Å². The molecule has 1 aromatic carbocycles. The Kier molecular flexibility index (Phi) is 5.66. The van der Waals surface area contributed by atoms with E-state index in [1.807, 2.05) is 0 Å². The number of halogens is 1. The van der Waals surface area contributed by atoms with Crippen molar-refractivity contribution >= 4 is 29.2 Å². The number of nitrogens with zero attached hydrogens (tertiary/aromatic N) is 1. The molecule has 1 unspecified atom stereocenters. The molecule has 0 aliphatic carbocycles. The molecule has 114 valence electrons. The summed E-state index contributed by atoms with van der Waals surface area (Å²) in [5.41, 5.74) is -0.528. The molecule has 7 nitrogen and oxygen atoms in total. The summed E-state index contributed by atoms with van der Waals surface area (Å²) in [5, 5.41) is 21.9. The molecule has 0 fully saturated rings. The van der Waals surface area contributed by atoms with Crippen LogP contribution < -0.4 is 5.32 Å². The van der Waals surface area contributed by atoms with E-state index in [2.05, 4.69) is 5.32 Å². The average molecular weight is 315 g/mol. The van der Waals surface area contributed by atoms with Crippen molar-refractivity contribution in [2.45, 2.75) is 26.3 Å². The van der Waals surface area contributed by atoms with Gasteiger partial charge >= 0.3 is 5.97 Å². The first kappa shape index (κ1) is 16.9. The predicted octanol–water partition coefficient (Wildman–Crippen LogP) is 2.48. The van der Waals surface area contributed by atoms with Crippen LogP contribution in [0.15, 0.2) is 18.2 Å². The fourth-order valence-electron chi connectivity index (χ4n) is 1.74. The van der Waals surface area contributed by atoms with Crippen LogP contribution in [0.4, 0.5) is 5.69 Å². The van der Waals surface area contributed by atoms with Crippen molar-refractivity contribution in [3.63, 3.8) is 0 Å². The van der Waals surface area contributed by atoms with Crippen molar-refractivity contribution in [2.75, 3.05) is 0 Å². The van der Waals surface area contributed by atoms with Gasteiger partial charge in [-0.25, -0.2) is 4.79 Å². The lowest BCUT2D eigenvalue weighted by atomic mass is 9.99. The first-order valence-electron chi connectivity index (χ1n) is 6.26. The molecule has 1 aromatic rings. The lowest BCUT2D eigenvalue weighted by Crippen LogP contribution is -2.45. The van der Waals surface area contributed by atoms with Crippen LogP contribution >= 0.6 is 11.6 Å². The summed E-state index contributed by atoms with van der Waals surface area (Å²) in [6.45, 7) is 3.49. The summed E-state index contributed by atoms with van der Waals surface area (Å²) < 4.78 is 0. The Bertz CT molecular complexity index is 576. The van der Waals surface area contributed by atoms with Gasteiger partial charge in [-0.2, -0.15) is 0 Å². The highest BCUT2D eigenvalue weighted by Crippen LogP contribution is 2.27. The van der Waals surface area contributed by atoms with E-state index in [1.54, 1.807) is 13.8 Å². The fourth-order valence-corrected chi connectivity index (χ4v) is 2.02. The van der Waals surface area contributed by atoms with Gasteiger partial charge in [0.15, 0.2) is 0 Å². The van der Waals surface area contributed by atoms with Crippen LogP contribution in [-0.4, -0.2) is 27.9 Å². The number of carbonyl (C=O) groups is 2. The number of carboxylic acid groups (broad SMARTS) is 1. The molecule has 2 N–H and O–H groups in total. The summed E-state index contributed by atoms with van der Waals surface area (Å²) in [7, 11) is 0. The second-order valence-corrected chi connectivity index (χ2v) is 4.95. The molecule has 0 aromatic heterocycles. The molecule has 0 bridgehead atoms. The van der Waals surface area contributed by atoms with Crippen molar-refractivity contribution in [3.05, 3.63) is 38.9 Å². The number of carboxylic acids is 1. The highest BCUT2D eigenvalue weighted by molar-refractivity contribution is 6.35. The number of rotatable bonds is 6. The Morgan fingerprint density at radius 3 is 2.57 bits per heavy atom. The zero-order valence-corrected chi connectivity index (χ0v) is 12.3. The number of carbonyl (C=O) groups excluding carboxylic acids is 1. The molecule has 0 aliphatic rings. The average Bonchev–Trinajstić information content (AvgIpc) is 2.43. The summed E-state index contributed by atoms with van der Waals surface area (Å²) in [6.07, 6.45) is 0.555. The monoisotopic (exact) mass is 314 g/mol. The van der Waals surface area contributed by atoms with Gasteiger partial charge in [0, 0.05) is 6.07 Å². The first-order chi connectivity index (χ1) is 9.79. The van der Waals surface area contributed by atoms with Gasteiger partial charge < -0.3 is 10.4 Å². The van der Waals surface area contributed by atoms with Gasteiger partial charge in [0.25, 0.3) is 11.6 Å². The Morgan fingerprint density at radius 1 is 1.48 bits per heavy atom. The van der Waals surface area contributed by atoms with Crippen molar-refractivity contribution in [2.24, 2.45) is 5.92 Å². The summed E-state index contributed by atoms with van der Waals surface area (Å²) in [4.78, 5) is 33.3. The zero-order chi connectivity index (χ0) is 16.2. The number of nitro groups is 1. The fraction of sp³-hybridized carbons (Fsp3) is 0.385. The third-order valence-electron chi connectivity index (χ3n) is 3.19. The van der Waals surface area contributed by atoms with E-state index in [-0.39, 0.29) is 16.5 Å². The highest BCUT2D eigenvalue weighted by atomic mass is 35.5. The molecule has 0 radical (unpaired) electrons. The number of nitro benzene ring substituents is 1. The number of benzene rings is 1. The summed E-state index contributed by atoms with van der Waals surface area (Å²) >= 11 is 5.83. The molecular weight excluding hydrogens is 300 g/mol. The zero-order valence-electron chi connectivity index (χ0n) is 11.5. The molecule has 0 spiro atoms. The van der Waals surface area contributed by atoms with E-state index in [4.69, 9.17) is 16.7 Å². The van der Waals surface area contributed by atoms with Crippen LogP contribution in [-0.2, 0) is 4.79 Å². The first-order valence-corrected chi connectivity index (χ1v) is 6.63. The van der Waals surface area contributed by atoms with Crippen LogP contribution in [0.25, 0.3) is 0 Å². The van der Waals surface area contributed by atoms with Crippen LogP contribution in [0.5, 0.6) is 0 Å². The Labute approximate surface area is 126 Å². The van der Waals surface area contributed by atoms with Crippen LogP contribution in [0, 0.1) is 16.0 Å². The molecule has 1 amide bonds. The number of hydrogen-bond donors (Lipinski definition) is 2. The second kappa shape index (κ2) is 7.03. The smallest absolute Gasteiger partial charge is 0.326 e. The number of nitrogens with one attached hydrogen (secondary N) is 1. The minimum atomic E-state index is -1.17.